The number of carbonyl (C=O) groups excluding carboxylic acids is 1. The largest absolute Gasteiger partial charge is 0.573 e. The van der Waals surface area contributed by atoms with Gasteiger partial charge in [0.25, 0.3) is 0 Å². The Kier molecular flexibility index (Phi) is 4.80. The molecule has 0 aromatic heterocycles. The summed E-state index contributed by atoms with van der Waals surface area (Å²) in [4.78, 5) is 11.3. The number of para-hydroxylation sites is 2. The van der Waals surface area contributed by atoms with Crippen LogP contribution in [0.1, 0.15) is 6.42 Å². The number of amides is 1. The van der Waals surface area contributed by atoms with Crippen LogP contribution in [0.3, 0.4) is 0 Å². The number of halogens is 4. The quantitative estimate of drug-likeness (QED) is 0.866. The number of nitrogens with one attached hydrogen (secondary N) is 1. The maximum atomic E-state index is 12.1. The summed E-state index contributed by atoms with van der Waals surface area (Å²) in [6.07, 6.45) is -4.61. The van der Waals surface area contributed by atoms with E-state index < -0.39 is 12.1 Å². The molecule has 0 fully saturated rings. The first-order valence-electron chi connectivity index (χ1n) is 4.63. The van der Waals surface area contributed by atoms with Crippen LogP contribution in [0.4, 0.5) is 18.9 Å². The van der Waals surface area contributed by atoms with Gasteiger partial charge in [-0.1, -0.05) is 28.1 Å². The van der Waals surface area contributed by atoms with Crippen molar-refractivity contribution in [1.82, 2.24) is 0 Å². The highest BCUT2D eigenvalue weighted by atomic mass is 79.9. The van der Waals surface area contributed by atoms with Crippen molar-refractivity contribution in [3.8, 4) is 5.75 Å². The fourth-order valence-electron chi connectivity index (χ4n) is 1.08. The van der Waals surface area contributed by atoms with Crippen LogP contribution in [0.15, 0.2) is 24.3 Å². The Morgan fingerprint density at radius 3 is 2.59 bits per heavy atom. The van der Waals surface area contributed by atoms with Gasteiger partial charge in [0.15, 0.2) is 5.75 Å². The number of ether oxygens (including phenoxy) is 1. The summed E-state index contributed by atoms with van der Waals surface area (Å²) in [6.45, 7) is 0. The molecule has 17 heavy (non-hydrogen) atoms. The Morgan fingerprint density at radius 1 is 1.35 bits per heavy atom. The first-order valence-corrected chi connectivity index (χ1v) is 5.75. The maximum Gasteiger partial charge on any atom is 0.573 e. The van der Waals surface area contributed by atoms with Gasteiger partial charge in [0, 0.05) is 11.8 Å². The lowest BCUT2D eigenvalue weighted by Gasteiger charge is -2.13. The molecule has 0 spiro atoms. The van der Waals surface area contributed by atoms with Crippen LogP contribution in [0.2, 0.25) is 0 Å². The van der Waals surface area contributed by atoms with Crippen molar-refractivity contribution in [2.45, 2.75) is 12.8 Å². The highest BCUT2D eigenvalue weighted by Gasteiger charge is 2.32. The van der Waals surface area contributed by atoms with Gasteiger partial charge < -0.3 is 10.1 Å². The standard InChI is InChI=1S/C10H9BrF3NO2/c11-6-5-9(16)15-7-3-1-2-4-8(7)17-10(12,13)14/h1-4H,5-6H2,(H,15,16). The highest BCUT2D eigenvalue weighted by Crippen LogP contribution is 2.29. The fraction of sp³-hybridized carbons (Fsp3) is 0.300. The summed E-state index contributed by atoms with van der Waals surface area (Å²) in [7, 11) is 0. The van der Waals surface area contributed by atoms with E-state index >= 15 is 0 Å². The third kappa shape index (κ3) is 5.08. The number of hydrogen-bond acceptors (Lipinski definition) is 2. The van der Waals surface area contributed by atoms with Crippen LogP contribution in [-0.2, 0) is 4.79 Å². The molecule has 94 valence electrons. The summed E-state index contributed by atoms with van der Waals surface area (Å²) in [5.41, 5.74) is -0.00391. The molecule has 0 bridgehead atoms. The Labute approximate surface area is 104 Å². The lowest BCUT2D eigenvalue weighted by molar-refractivity contribution is -0.274. The zero-order valence-corrected chi connectivity index (χ0v) is 10.1. The lowest BCUT2D eigenvalue weighted by atomic mass is 10.3. The summed E-state index contributed by atoms with van der Waals surface area (Å²) in [5.74, 6) is -0.817. The second-order valence-electron chi connectivity index (χ2n) is 3.03. The lowest BCUT2D eigenvalue weighted by Crippen LogP contribution is -2.19. The van der Waals surface area contributed by atoms with Crippen LogP contribution in [0, 0.1) is 0 Å². The zero-order chi connectivity index (χ0) is 12.9. The Balaban J connectivity index is 2.81. The van der Waals surface area contributed by atoms with Crippen LogP contribution in [0.25, 0.3) is 0 Å². The minimum absolute atomic E-state index is 0.00391. The van der Waals surface area contributed by atoms with Crippen molar-refractivity contribution >= 4 is 27.5 Å². The van der Waals surface area contributed by atoms with Crippen molar-refractivity contribution in [2.75, 3.05) is 10.6 Å². The Morgan fingerprint density at radius 2 is 2.00 bits per heavy atom. The number of rotatable bonds is 4. The molecular weight excluding hydrogens is 303 g/mol. The first-order chi connectivity index (χ1) is 7.92. The molecule has 1 N–H and O–H groups in total. The number of alkyl halides is 4. The summed E-state index contributed by atoms with van der Waals surface area (Å²) in [5, 5.41) is 2.77. The third-order valence-corrected chi connectivity index (χ3v) is 2.10. The predicted octanol–water partition coefficient (Wildman–Crippen LogP) is 3.31. The van der Waals surface area contributed by atoms with Gasteiger partial charge in [-0.2, -0.15) is 0 Å². The molecule has 0 heterocycles. The van der Waals surface area contributed by atoms with E-state index in [0.717, 1.165) is 6.07 Å². The van der Waals surface area contributed by atoms with Gasteiger partial charge in [-0.15, -0.1) is 13.2 Å². The molecule has 0 atom stereocenters. The maximum absolute atomic E-state index is 12.1. The van der Waals surface area contributed by atoms with Gasteiger partial charge in [-0.25, -0.2) is 0 Å². The summed E-state index contributed by atoms with van der Waals surface area (Å²) < 4.78 is 40.0. The van der Waals surface area contributed by atoms with Crippen molar-refractivity contribution in [3.63, 3.8) is 0 Å². The van der Waals surface area contributed by atoms with E-state index in [-0.39, 0.29) is 18.0 Å². The van der Waals surface area contributed by atoms with Crippen LogP contribution >= 0.6 is 15.9 Å². The minimum Gasteiger partial charge on any atom is -0.404 e. The van der Waals surface area contributed by atoms with E-state index in [1.807, 2.05) is 0 Å². The van der Waals surface area contributed by atoms with E-state index in [1.165, 1.54) is 18.2 Å². The Hall–Kier alpha value is -1.24. The molecule has 1 amide bonds. The van der Waals surface area contributed by atoms with Gasteiger partial charge in [0.2, 0.25) is 5.91 Å². The van der Waals surface area contributed by atoms with Gasteiger partial charge in [-0.05, 0) is 12.1 Å². The molecule has 0 radical (unpaired) electrons. The smallest absolute Gasteiger partial charge is 0.404 e. The monoisotopic (exact) mass is 311 g/mol. The topological polar surface area (TPSA) is 38.3 Å². The van der Waals surface area contributed by atoms with Crippen molar-refractivity contribution in [1.29, 1.82) is 0 Å². The van der Waals surface area contributed by atoms with Crippen LogP contribution in [0.5, 0.6) is 5.75 Å². The van der Waals surface area contributed by atoms with Crippen molar-refractivity contribution in [2.24, 2.45) is 0 Å². The SMILES string of the molecule is O=C(CCBr)Nc1ccccc1OC(F)(F)F. The number of benzene rings is 1. The van der Waals surface area contributed by atoms with Gasteiger partial charge in [0.05, 0.1) is 5.69 Å². The molecule has 3 nitrogen and oxygen atoms in total. The van der Waals surface area contributed by atoms with Crippen molar-refractivity contribution in [3.05, 3.63) is 24.3 Å². The van der Waals surface area contributed by atoms with E-state index in [1.54, 1.807) is 0 Å². The number of carbonyl (C=O) groups is 1. The molecule has 1 aromatic rings. The van der Waals surface area contributed by atoms with E-state index in [9.17, 15) is 18.0 Å². The van der Waals surface area contributed by atoms with Crippen LogP contribution in [-0.4, -0.2) is 17.6 Å². The van der Waals surface area contributed by atoms with Gasteiger partial charge in [-0.3, -0.25) is 4.79 Å². The molecule has 0 saturated carbocycles. The van der Waals surface area contributed by atoms with Crippen molar-refractivity contribution < 1.29 is 22.7 Å². The first kappa shape index (κ1) is 13.8. The number of hydrogen-bond donors (Lipinski definition) is 1. The van der Waals surface area contributed by atoms with Crippen LogP contribution < -0.4 is 10.1 Å². The second-order valence-corrected chi connectivity index (χ2v) is 3.82. The average molecular weight is 312 g/mol. The summed E-state index contributed by atoms with van der Waals surface area (Å²) in [6, 6.07) is 5.37. The molecule has 7 heteroatoms. The van der Waals surface area contributed by atoms with E-state index in [0.29, 0.717) is 5.33 Å². The molecule has 1 rings (SSSR count). The molecule has 0 aliphatic carbocycles. The fourth-order valence-corrected chi connectivity index (χ4v) is 1.44. The average Bonchev–Trinajstić information content (AvgIpc) is 2.19. The number of anilines is 1. The zero-order valence-electron chi connectivity index (χ0n) is 8.55. The molecule has 0 aliphatic heterocycles. The highest BCUT2D eigenvalue weighted by molar-refractivity contribution is 9.09. The predicted molar refractivity (Wildman–Crippen MR) is 60.2 cm³/mol. The second kappa shape index (κ2) is 5.90. The molecule has 0 aliphatic rings. The minimum atomic E-state index is -4.78. The summed E-state index contributed by atoms with van der Waals surface area (Å²) >= 11 is 3.06. The third-order valence-electron chi connectivity index (χ3n) is 1.71. The Bertz CT molecular complexity index is 395. The molecule has 0 saturated heterocycles. The molecule has 1 aromatic carbocycles. The van der Waals surface area contributed by atoms with E-state index in [4.69, 9.17) is 0 Å². The van der Waals surface area contributed by atoms with Gasteiger partial charge in [0.1, 0.15) is 0 Å². The molecular formula is C10H9BrF3NO2. The molecule has 0 unspecified atom stereocenters. The normalized spacial score (nSPS) is 11.1. The van der Waals surface area contributed by atoms with E-state index in [2.05, 4.69) is 26.0 Å². The van der Waals surface area contributed by atoms with Gasteiger partial charge >= 0.3 is 6.36 Å².